The van der Waals surface area contributed by atoms with Crippen LogP contribution in [-0.4, -0.2) is 52.5 Å². The van der Waals surface area contributed by atoms with Gasteiger partial charge in [-0.05, 0) is 61.8 Å². The molecule has 2 aliphatic carbocycles. The summed E-state index contributed by atoms with van der Waals surface area (Å²) in [6.07, 6.45) is 8.30. The highest BCUT2D eigenvalue weighted by Crippen LogP contribution is 2.38. The maximum atomic E-state index is 9.74. The van der Waals surface area contributed by atoms with Crippen molar-refractivity contribution >= 4 is 0 Å². The highest BCUT2D eigenvalue weighted by molar-refractivity contribution is 5.76. The fourth-order valence-corrected chi connectivity index (χ4v) is 5.01. The Morgan fingerprint density at radius 2 is 1.73 bits per heavy atom. The molecular weight excluding hydrogens is 372 g/mol. The van der Waals surface area contributed by atoms with Crippen molar-refractivity contribution in [3.05, 3.63) is 58.9 Å². The van der Waals surface area contributed by atoms with Gasteiger partial charge in [-0.1, -0.05) is 30.3 Å². The number of nitriles is 1. The second-order valence-corrected chi connectivity index (χ2v) is 8.38. The predicted octanol–water partition coefficient (Wildman–Crippen LogP) is 3.02. The highest BCUT2D eigenvalue weighted by atomic mass is 15.7. The van der Waals surface area contributed by atoms with E-state index in [1.807, 2.05) is 0 Å². The summed E-state index contributed by atoms with van der Waals surface area (Å²) in [4.78, 5) is 9.11. The number of benzene rings is 1. The first-order chi connectivity index (χ1) is 14.8. The van der Waals surface area contributed by atoms with Crippen LogP contribution in [0.15, 0.2) is 36.7 Å². The number of fused-ring (bicyclic) bond motifs is 3. The maximum Gasteiger partial charge on any atom is 0.138 e. The van der Waals surface area contributed by atoms with Crippen LogP contribution in [-0.2, 0) is 19.3 Å². The molecule has 1 aromatic carbocycles. The molecule has 0 aromatic heterocycles. The number of aromatic nitrogens is 3. The first-order valence-corrected chi connectivity index (χ1v) is 11.1. The van der Waals surface area contributed by atoms with Crippen LogP contribution in [0.4, 0.5) is 0 Å². The second-order valence-electron chi connectivity index (χ2n) is 8.38. The number of piperazine rings is 1. The van der Waals surface area contributed by atoms with Crippen LogP contribution >= 0.6 is 0 Å². The van der Waals surface area contributed by atoms with Gasteiger partial charge >= 0.3 is 0 Å². The van der Waals surface area contributed by atoms with Gasteiger partial charge in [0, 0.05) is 26.2 Å². The number of hydrogen-bond acceptors (Lipinski definition) is 5. The summed E-state index contributed by atoms with van der Waals surface area (Å²) in [6.45, 7) is 5.12. The molecule has 1 fully saturated rings. The summed E-state index contributed by atoms with van der Waals surface area (Å²) < 4.78 is 0. The molecule has 0 radical (unpaired) electrons. The van der Waals surface area contributed by atoms with E-state index in [9.17, 15) is 5.26 Å². The van der Waals surface area contributed by atoms with Crippen LogP contribution in [0.2, 0.25) is 0 Å². The number of nitrogens with zero attached hydrogens (tertiary/aromatic N) is 6. The van der Waals surface area contributed by atoms with Crippen LogP contribution in [0.1, 0.15) is 41.5 Å². The Morgan fingerprint density at radius 3 is 2.50 bits per heavy atom. The quantitative estimate of drug-likeness (QED) is 0.659. The van der Waals surface area contributed by atoms with Gasteiger partial charge in [-0.15, -0.1) is 5.10 Å². The molecule has 6 nitrogen and oxygen atoms in total. The summed E-state index contributed by atoms with van der Waals surface area (Å²) in [6, 6.07) is 13.2. The van der Waals surface area contributed by atoms with Gasteiger partial charge in [0.2, 0.25) is 0 Å². The maximum absolute atomic E-state index is 9.74. The van der Waals surface area contributed by atoms with Gasteiger partial charge in [0.05, 0.1) is 5.56 Å². The van der Waals surface area contributed by atoms with Crippen LogP contribution in [0.3, 0.4) is 0 Å². The zero-order chi connectivity index (χ0) is 20.3. The normalized spacial score (nSPS) is 17.1. The third kappa shape index (κ3) is 3.54. The average molecular weight is 401 g/mol. The lowest BCUT2D eigenvalue weighted by molar-refractivity contribution is 0.233. The molecule has 0 bridgehead atoms. The van der Waals surface area contributed by atoms with Gasteiger partial charge < -0.3 is 0 Å². The minimum absolute atomic E-state index is 0.774. The van der Waals surface area contributed by atoms with Crippen LogP contribution < -0.4 is 5.01 Å². The minimum Gasteiger partial charge on any atom is -0.300 e. The highest BCUT2D eigenvalue weighted by Gasteiger charge is 2.31. The molecule has 0 amide bonds. The largest absolute Gasteiger partial charge is 0.300 e. The molecule has 6 heteroatoms. The third-order valence-corrected chi connectivity index (χ3v) is 6.58. The number of aryl methyl sites for hydroxylation is 1. The Kier molecular flexibility index (Phi) is 5.37. The van der Waals surface area contributed by atoms with Gasteiger partial charge in [0.15, 0.2) is 0 Å². The molecule has 0 unspecified atom stereocenters. The number of rotatable bonds is 5. The van der Waals surface area contributed by atoms with E-state index in [1.54, 1.807) is 6.33 Å². The summed E-state index contributed by atoms with van der Waals surface area (Å²) in [5.74, 6) is 0. The van der Waals surface area contributed by atoms with E-state index in [-0.39, 0.29) is 0 Å². The predicted molar refractivity (Wildman–Crippen MR) is 117 cm³/mol. The summed E-state index contributed by atoms with van der Waals surface area (Å²) >= 11 is 0. The molecule has 1 aromatic rings. The third-order valence-electron chi connectivity index (χ3n) is 6.58. The van der Waals surface area contributed by atoms with Gasteiger partial charge in [-0.3, -0.25) is 9.91 Å². The fraction of sp³-hybridized carbons (Fsp3) is 0.458. The molecule has 0 spiro atoms. The molecule has 5 rings (SSSR count). The molecular formula is C24H28N6. The molecule has 0 atom stereocenters. The first-order valence-electron chi connectivity index (χ1n) is 11.1. The SMILES string of the molecule is N#Cc1c2ncnn(N3CCN(CCCc4ccccc4)CC3)c-2c2c1CCCC2. The van der Waals surface area contributed by atoms with Gasteiger partial charge in [0.1, 0.15) is 23.8 Å². The van der Waals surface area contributed by atoms with E-state index >= 15 is 0 Å². The lowest BCUT2D eigenvalue weighted by atomic mass is 9.94. The summed E-state index contributed by atoms with van der Waals surface area (Å²) in [5.41, 5.74) is 6.62. The van der Waals surface area contributed by atoms with Crippen molar-refractivity contribution in [2.45, 2.75) is 38.5 Å². The van der Waals surface area contributed by atoms with E-state index in [4.69, 9.17) is 0 Å². The smallest absolute Gasteiger partial charge is 0.138 e. The van der Waals surface area contributed by atoms with Crippen molar-refractivity contribution in [2.75, 3.05) is 37.7 Å². The molecule has 0 N–H and O–H groups in total. The van der Waals surface area contributed by atoms with Crippen molar-refractivity contribution < 1.29 is 0 Å². The van der Waals surface area contributed by atoms with Gasteiger partial charge in [-0.25, -0.2) is 4.98 Å². The lowest BCUT2D eigenvalue weighted by Gasteiger charge is -2.37. The van der Waals surface area contributed by atoms with Crippen LogP contribution in [0, 0.1) is 11.3 Å². The molecule has 154 valence electrons. The molecule has 4 aliphatic rings. The zero-order valence-electron chi connectivity index (χ0n) is 17.4. The Morgan fingerprint density at radius 1 is 0.967 bits per heavy atom. The second kappa shape index (κ2) is 8.45. The molecule has 2 aliphatic heterocycles. The zero-order valence-corrected chi connectivity index (χ0v) is 17.4. The summed E-state index contributed by atoms with van der Waals surface area (Å²) in [5, 5.41) is 16.7. The topological polar surface area (TPSA) is 61.0 Å². The van der Waals surface area contributed by atoms with Crippen LogP contribution in [0.25, 0.3) is 11.4 Å². The average Bonchev–Trinajstić information content (AvgIpc) is 3.14. The lowest BCUT2D eigenvalue weighted by Crippen LogP contribution is -2.52. The number of hydrogen-bond donors (Lipinski definition) is 0. The molecule has 2 heterocycles. The standard InChI is InChI=1S/C24H28N6/c25-17-22-20-10-4-5-11-21(20)24-23(22)26-18-27-30(24)29-15-13-28(14-16-29)12-6-9-19-7-2-1-3-8-19/h1-3,7-8,18H,4-6,9-16H2. The Hall–Kier alpha value is -2.91. The van der Waals surface area contributed by atoms with Crippen molar-refractivity contribution in [1.29, 1.82) is 5.26 Å². The van der Waals surface area contributed by atoms with Gasteiger partial charge in [0.25, 0.3) is 0 Å². The van der Waals surface area contributed by atoms with Crippen molar-refractivity contribution in [3.63, 3.8) is 0 Å². The van der Waals surface area contributed by atoms with Crippen LogP contribution in [0.5, 0.6) is 0 Å². The van der Waals surface area contributed by atoms with Crippen molar-refractivity contribution in [3.8, 4) is 17.5 Å². The van der Waals surface area contributed by atoms with Crippen molar-refractivity contribution in [2.24, 2.45) is 0 Å². The minimum atomic E-state index is 0.774. The van der Waals surface area contributed by atoms with E-state index in [0.29, 0.717) is 0 Å². The molecule has 1 saturated heterocycles. The van der Waals surface area contributed by atoms with E-state index < -0.39 is 0 Å². The Labute approximate surface area is 178 Å². The van der Waals surface area contributed by atoms with Crippen molar-refractivity contribution in [1.82, 2.24) is 19.8 Å². The van der Waals surface area contributed by atoms with E-state index in [0.717, 1.165) is 75.4 Å². The van der Waals surface area contributed by atoms with Gasteiger partial charge in [-0.2, -0.15) is 10.1 Å². The Bertz CT molecular complexity index is 1010. The van der Waals surface area contributed by atoms with E-state index in [2.05, 4.69) is 61.2 Å². The Balaban J connectivity index is 1.27. The molecule has 0 saturated carbocycles. The monoisotopic (exact) mass is 400 g/mol. The fourth-order valence-electron chi connectivity index (χ4n) is 5.01. The summed E-state index contributed by atoms with van der Waals surface area (Å²) in [7, 11) is 0. The molecule has 30 heavy (non-hydrogen) atoms. The first kappa shape index (κ1) is 19.1. The van der Waals surface area contributed by atoms with E-state index in [1.165, 1.54) is 29.5 Å².